The number of aliphatic hydroxyl groups is 1. The number of halogens is 1. The predicted molar refractivity (Wildman–Crippen MR) is 60.4 cm³/mol. The van der Waals surface area contributed by atoms with Gasteiger partial charge in [0.1, 0.15) is 5.69 Å². The van der Waals surface area contributed by atoms with Crippen LogP contribution in [0.3, 0.4) is 0 Å². The summed E-state index contributed by atoms with van der Waals surface area (Å²) in [6.07, 6.45) is 3.99. The Hall–Kier alpha value is -1.13. The summed E-state index contributed by atoms with van der Waals surface area (Å²) in [5.74, 6) is -0.303. The third kappa shape index (κ3) is 2.51. The smallest absolute Gasteiger partial charge is 0.270 e. The second-order valence-electron chi connectivity index (χ2n) is 4.12. The van der Waals surface area contributed by atoms with Crippen molar-refractivity contribution in [1.82, 2.24) is 10.3 Å². The van der Waals surface area contributed by atoms with Crippen molar-refractivity contribution in [1.29, 1.82) is 0 Å². The van der Waals surface area contributed by atoms with E-state index in [-0.39, 0.29) is 18.1 Å². The van der Waals surface area contributed by atoms with E-state index >= 15 is 0 Å². The highest BCUT2D eigenvalue weighted by molar-refractivity contribution is 6.30. The maximum Gasteiger partial charge on any atom is 0.270 e. The van der Waals surface area contributed by atoms with E-state index in [2.05, 4.69) is 10.3 Å². The van der Waals surface area contributed by atoms with Gasteiger partial charge >= 0.3 is 0 Å². The quantitative estimate of drug-likeness (QED) is 0.839. The van der Waals surface area contributed by atoms with Gasteiger partial charge in [0.25, 0.3) is 5.91 Å². The van der Waals surface area contributed by atoms with Crippen LogP contribution < -0.4 is 5.32 Å². The van der Waals surface area contributed by atoms with E-state index in [1.165, 1.54) is 12.3 Å². The average molecular weight is 241 g/mol. The molecule has 1 aromatic heterocycles. The highest BCUT2D eigenvalue weighted by Crippen LogP contribution is 2.30. The van der Waals surface area contributed by atoms with Crippen LogP contribution >= 0.6 is 11.6 Å². The van der Waals surface area contributed by atoms with Gasteiger partial charge in [0.2, 0.25) is 0 Å². The highest BCUT2D eigenvalue weighted by Gasteiger charge is 2.34. The van der Waals surface area contributed by atoms with Crippen LogP contribution in [0.1, 0.15) is 29.8 Å². The van der Waals surface area contributed by atoms with Gasteiger partial charge < -0.3 is 10.4 Å². The molecular weight excluding hydrogens is 228 g/mol. The van der Waals surface area contributed by atoms with Gasteiger partial charge in [-0.05, 0) is 31.4 Å². The molecule has 1 aliphatic rings. The summed E-state index contributed by atoms with van der Waals surface area (Å²) in [5, 5.41) is 12.9. The van der Waals surface area contributed by atoms with Crippen molar-refractivity contribution in [2.24, 2.45) is 0 Å². The SMILES string of the molecule is O=C(NCC1(O)CCC1)c1cc(Cl)ccn1. The lowest BCUT2D eigenvalue weighted by Crippen LogP contribution is -2.47. The molecule has 0 unspecified atom stereocenters. The molecule has 1 amide bonds. The lowest BCUT2D eigenvalue weighted by molar-refractivity contribution is -0.0300. The first-order valence-electron chi connectivity index (χ1n) is 5.21. The minimum atomic E-state index is -0.714. The zero-order chi connectivity index (χ0) is 11.6. The topological polar surface area (TPSA) is 62.2 Å². The molecule has 16 heavy (non-hydrogen) atoms. The van der Waals surface area contributed by atoms with Crippen LogP contribution in [0.5, 0.6) is 0 Å². The summed E-state index contributed by atoms with van der Waals surface area (Å²) in [4.78, 5) is 15.5. The number of carbonyl (C=O) groups excluding carboxylic acids is 1. The summed E-state index contributed by atoms with van der Waals surface area (Å²) in [6, 6.07) is 3.11. The molecular formula is C11H13ClN2O2. The molecule has 1 heterocycles. The molecule has 0 bridgehead atoms. The average Bonchev–Trinajstić information content (AvgIpc) is 2.23. The summed E-state index contributed by atoms with van der Waals surface area (Å²) in [5.41, 5.74) is -0.441. The Balaban J connectivity index is 1.93. The summed E-state index contributed by atoms with van der Waals surface area (Å²) in [6.45, 7) is 0.278. The molecule has 5 heteroatoms. The molecule has 1 aliphatic carbocycles. The summed E-state index contributed by atoms with van der Waals surface area (Å²) < 4.78 is 0. The van der Waals surface area contributed by atoms with Gasteiger partial charge in [-0.3, -0.25) is 9.78 Å². The largest absolute Gasteiger partial charge is 0.388 e. The van der Waals surface area contributed by atoms with E-state index in [1.54, 1.807) is 6.07 Å². The predicted octanol–water partition coefficient (Wildman–Crippen LogP) is 1.38. The molecule has 0 saturated heterocycles. The van der Waals surface area contributed by atoms with E-state index in [4.69, 9.17) is 11.6 Å². The van der Waals surface area contributed by atoms with Crippen LogP contribution in [0.25, 0.3) is 0 Å². The molecule has 1 aromatic rings. The van der Waals surface area contributed by atoms with E-state index in [0.29, 0.717) is 5.02 Å². The van der Waals surface area contributed by atoms with Crippen LogP contribution in [0.4, 0.5) is 0 Å². The van der Waals surface area contributed by atoms with E-state index < -0.39 is 5.60 Å². The fraction of sp³-hybridized carbons (Fsp3) is 0.455. The lowest BCUT2D eigenvalue weighted by Gasteiger charge is -2.36. The Kier molecular flexibility index (Phi) is 3.12. The van der Waals surface area contributed by atoms with Crippen molar-refractivity contribution in [3.05, 3.63) is 29.0 Å². The van der Waals surface area contributed by atoms with Crippen LogP contribution in [-0.2, 0) is 0 Å². The normalized spacial score (nSPS) is 17.6. The van der Waals surface area contributed by atoms with Gasteiger partial charge in [-0.2, -0.15) is 0 Å². The second kappa shape index (κ2) is 4.39. The number of carbonyl (C=O) groups is 1. The molecule has 2 N–H and O–H groups in total. The Morgan fingerprint density at radius 3 is 2.94 bits per heavy atom. The monoisotopic (exact) mass is 240 g/mol. The maximum atomic E-state index is 11.6. The molecule has 1 saturated carbocycles. The van der Waals surface area contributed by atoms with Crippen molar-refractivity contribution in [3.8, 4) is 0 Å². The second-order valence-corrected chi connectivity index (χ2v) is 4.56. The molecule has 0 aromatic carbocycles. The van der Waals surface area contributed by atoms with Crippen molar-refractivity contribution < 1.29 is 9.90 Å². The Morgan fingerprint density at radius 1 is 1.62 bits per heavy atom. The van der Waals surface area contributed by atoms with Gasteiger partial charge in [-0.25, -0.2) is 0 Å². The van der Waals surface area contributed by atoms with Gasteiger partial charge in [0.05, 0.1) is 5.60 Å². The van der Waals surface area contributed by atoms with Crippen LogP contribution in [0.15, 0.2) is 18.3 Å². The molecule has 2 rings (SSSR count). The first-order chi connectivity index (χ1) is 7.59. The van der Waals surface area contributed by atoms with Crippen LogP contribution in [0, 0.1) is 0 Å². The minimum absolute atomic E-state index is 0.274. The summed E-state index contributed by atoms with van der Waals surface area (Å²) >= 11 is 5.75. The van der Waals surface area contributed by atoms with Gasteiger partial charge in [0, 0.05) is 17.8 Å². The highest BCUT2D eigenvalue weighted by atomic mass is 35.5. The third-order valence-electron chi connectivity index (χ3n) is 2.82. The van der Waals surface area contributed by atoms with Gasteiger partial charge in [-0.1, -0.05) is 11.6 Å². The van der Waals surface area contributed by atoms with Crippen LogP contribution in [-0.4, -0.2) is 28.1 Å². The maximum absolute atomic E-state index is 11.6. The van der Waals surface area contributed by atoms with Gasteiger partial charge in [0.15, 0.2) is 0 Å². The third-order valence-corrected chi connectivity index (χ3v) is 3.05. The Bertz CT molecular complexity index is 405. The standard InChI is InChI=1S/C11H13ClN2O2/c12-8-2-5-13-9(6-8)10(15)14-7-11(16)3-1-4-11/h2,5-6,16H,1,3-4,7H2,(H,14,15). The summed E-state index contributed by atoms with van der Waals surface area (Å²) in [7, 11) is 0. The number of nitrogens with one attached hydrogen (secondary N) is 1. The number of nitrogens with zero attached hydrogens (tertiary/aromatic N) is 1. The number of hydrogen-bond donors (Lipinski definition) is 2. The molecule has 1 fully saturated rings. The minimum Gasteiger partial charge on any atom is -0.388 e. The van der Waals surface area contributed by atoms with E-state index in [0.717, 1.165) is 19.3 Å². The number of hydrogen-bond acceptors (Lipinski definition) is 3. The Morgan fingerprint density at radius 2 is 2.38 bits per heavy atom. The van der Waals surface area contributed by atoms with Crippen LogP contribution in [0.2, 0.25) is 5.02 Å². The zero-order valence-electron chi connectivity index (χ0n) is 8.74. The number of rotatable bonds is 3. The van der Waals surface area contributed by atoms with Crippen molar-refractivity contribution in [3.63, 3.8) is 0 Å². The van der Waals surface area contributed by atoms with Gasteiger partial charge in [-0.15, -0.1) is 0 Å². The molecule has 86 valence electrons. The zero-order valence-corrected chi connectivity index (χ0v) is 9.50. The van der Waals surface area contributed by atoms with Crippen molar-refractivity contribution in [2.45, 2.75) is 24.9 Å². The molecule has 0 radical (unpaired) electrons. The number of pyridine rings is 1. The molecule has 0 atom stereocenters. The number of aromatic nitrogens is 1. The lowest BCUT2D eigenvalue weighted by atomic mass is 9.80. The number of amides is 1. The first-order valence-corrected chi connectivity index (χ1v) is 5.59. The van der Waals surface area contributed by atoms with E-state index in [1.807, 2.05) is 0 Å². The van der Waals surface area contributed by atoms with E-state index in [9.17, 15) is 9.90 Å². The molecule has 0 aliphatic heterocycles. The van der Waals surface area contributed by atoms with Crippen molar-refractivity contribution >= 4 is 17.5 Å². The van der Waals surface area contributed by atoms with Crippen molar-refractivity contribution in [2.75, 3.05) is 6.54 Å². The fourth-order valence-electron chi connectivity index (χ4n) is 1.63. The first kappa shape index (κ1) is 11.4. The Labute approximate surface area is 98.6 Å². The fourth-order valence-corrected chi connectivity index (χ4v) is 1.79. The molecule has 4 nitrogen and oxygen atoms in total. The molecule has 0 spiro atoms.